The van der Waals surface area contributed by atoms with Crippen LogP contribution in [0, 0.1) is 0 Å². The summed E-state index contributed by atoms with van der Waals surface area (Å²) >= 11 is 0. The highest BCUT2D eigenvalue weighted by atomic mass is 16.5. The van der Waals surface area contributed by atoms with Crippen molar-refractivity contribution in [2.24, 2.45) is 0 Å². The Morgan fingerprint density at radius 3 is 2.82 bits per heavy atom. The molecule has 1 aromatic carbocycles. The van der Waals surface area contributed by atoms with Crippen molar-refractivity contribution < 1.29 is 19.4 Å². The fraction of sp³-hybridized carbons (Fsp3) is 0.154. The molecule has 0 aliphatic carbocycles. The van der Waals surface area contributed by atoms with E-state index in [1.165, 1.54) is 13.2 Å². The summed E-state index contributed by atoms with van der Waals surface area (Å²) in [6, 6.07) is 5.11. The Morgan fingerprint density at radius 1 is 1.47 bits per heavy atom. The number of carboxylic acid groups (broad SMARTS) is 1. The quantitative estimate of drug-likeness (QED) is 0.543. The maximum atomic E-state index is 10.3. The first kappa shape index (κ1) is 12.8. The topological polar surface area (TPSA) is 58.6 Å². The Morgan fingerprint density at radius 2 is 2.24 bits per heavy atom. The molecule has 4 nitrogen and oxygen atoms in total. The number of ether oxygens (including phenoxy) is 2. The maximum absolute atomic E-state index is 10.3. The molecule has 0 heterocycles. The predicted octanol–water partition coefficient (Wildman–Crippen LogP) is 1.02. The number of hydrogen-bond acceptors (Lipinski definition) is 4. The van der Waals surface area contributed by atoms with Crippen LogP contribution < -0.4 is 14.6 Å². The number of aliphatic carboxylic acids is 1. The molecule has 0 bridgehead atoms. The summed E-state index contributed by atoms with van der Waals surface area (Å²) < 4.78 is 10.5. The smallest absolute Gasteiger partial charge is 0.161 e. The molecule has 0 unspecified atom stereocenters. The molecular weight excluding hydrogens is 220 g/mol. The molecule has 90 valence electrons. The largest absolute Gasteiger partial charge is 0.545 e. The van der Waals surface area contributed by atoms with E-state index in [1.54, 1.807) is 24.3 Å². The van der Waals surface area contributed by atoms with Crippen LogP contribution in [0.15, 0.2) is 36.9 Å². The molecule has 0 aromatic heterocycles. The van der Waals surface area contributed by atoms with Gasteiger partial charge in [-0.2, -0.15) is 0 Å². The fourth-order valence-corrected chi connectivity index (χ4v) is 1.22. The maximum Gasteiger partial charge on any atom is 0.161 e. The highest BCUT2D eigenvalue weighted by molar-refractivity contribution is 5.83. The van der Waals surface area contributed by atoms with Gasteiger partial charge in [-0.25, -0.2) is 0 Å². The summed E-state index contributed by atoms with van der Waals surface area (Å²) in [6.07, 6.45) is 4.01. The van der Waals surface area contributed by atoms with Crippen LogP contribution in [-0.4, -0.2) is 19.7 Å². The molecule has 0 fully saturated rings. The molecular formula is C13H13O4-. The second-order valence-corrected chi connectivity index (χ2v) is 3.16. The fourth-order valence-electron chi connectivity index (χ4n) is 1.22. The normalized spacial score (nSPS) is 10.2. The van der Waals surface area contributed by atoms with E-state index < -0.39 is 5.97 Å². The van der Waals surface area contributed by atoms with Crippen LogP contribution in [0.3, 0.4) is 0 Å². The number of methoxy groups -OCH3 is 1. The molecule has 17 heavy (non-hydrogen) atoms. The van der Waals surface area contributed by atoms with Gasteiger partial charge in [0.25, 0.3) is 0 Å². The van der Waals surface area contributed by atoms with Gasteiger partial charge in [-0.1, -0.05) is 24.8 Å². The molecule has 0 spiro atoms. The van der Waals surface area contributed by atoms with Gasteiger partial charge in [-0.05, 0) is 23.8 Å². The van der Waals surface area contributed by atoms with Crippen LogP contribution in [0.4, 0.5) is 0 Å². The molecule has 0 saturated carbocycles. The average molecular weight is 233 g/mol. The zero-order valence-corrected chi connectivity index (χ0v) is 9.51. The predicted molar refractivity (Wildman–Crippen MR) is 62.7 cm³/mol. The standard InChI is InChI=1S/C13H14O4/c1-3-8-17-11-6-4-10(5-7-13(14)15)9-12(11)16-2/h3-7,9H,1,8H2,2H3,(H,14,15)/p-1/b7-5+. The average Bonchev–Trinajstić information content (AvgIpc) is 2.34. The molecule has 1 aromatic rings. The lowest BCUT2D eigenvalue weighted by Gasteiger charge is -2.09. The molecule has 0 aliphatic rings. The van der Waals surface area contributed by atoms with Gasteiger partial charge in [0.15, 0.2) is 11.5 Å². The highest BCUT2D eigenvalue weighted by Crippen LogP contribution is 2.28. The molecule has 1 rings (SSSR count). The Balaban J connectivity index is 2.91. The second-order valence-electron chi connectivity index (χ2n) is 3.16. The molecule has 0 radical (unpaired) electrons. The van der Waals surface area contributed by atoms with Crippen LogP contribution in [0.2, 0.25) is 0 Å². The lowest BCUT2D eigenvalue weighted by atomic mass is 10.2. The molecule has 0 saturated heterocycles. The van der Waals surface area contributed by atoms with E-state index in [2.05, 4.69) is 6.58 Å². The summed E-state index contributed by atoms with van der Waals surface area (Å²) in [5.41, 5.74) is 0.692. The lowest BCUT2D eigenvalue weighted by Crippen LogP contribution is -2.18. The van der Waals surface area contributed by atoms with Gasteiger partial charge in [0.2, 0.25) is 0 Å². The van der Waals surface area contributed by atoms with Gasteiger partial charge < -0.3 is 19.4 Å². The van der Waals surface area contributed by atoms with Crippen molar-refractivity contribution in [2.75, 3.05) is 13.7 Å². The van der Waals surface area contributed by atoms with Gasteiger partial charge in [0.05, 0.1) is 13.1 Å². The third-order valence-corrected chi connectivity index (χ3v) is 1.96. The first-order valence-electron chi connectivity index (χ1n) is 4.98. The van der Waals surface area contributed by atoms with Crippen molar-refractivity contribution >= 4 is 12.0 Å². The Kier molecular flexibility index (Phi) is 4.81. The Labute approximate surface area is 99.8 Å². The van der Waals surface area contributed by atoms with Gasteiger partial charge in [0, 0.05) is 0 Å². The van der Waals surface area contributed by atoms with Gasteiger partial charge in [-0.3, -0.25) is 0 Å². The van der Waals surface area contributed by atoms with E-state index in [9.17, 15) is 9.90 Å². The van der Waals surface area contributed by atoms with Crippen LogP contribution in [0.25, 0.3) is 6.08 Å². The second kappa shape index (κ2) is 6.37. The Hall–Kier alpha value is -2.23. The van der Waals surface area contributed by atoms with Crippen molar-refractivity contribution in [3.05, 3.63) is 42.5 Å². The number of carbonyl (C=O) groups is 1. The minimum absolute atomic E-state index is 0.380. The number of carboxylic acids is 1. The van der Waals surface area contributed by atoms with Gasteiger partial charge >= 0.3 is 0 Å². The molecule has 4 heteroatoms. The third kappa shape index (κ3) is 4.03. The molecule has 0 aliphatic heterocycles. The van der Waals surface area contributed by atoms with E-state index in [1.807, 2.05) is 0 Å². The van der Waals surface area contributed by atoms with Crippen molar-refractivity contribution in [1.82, 2.24) is 0 Å². The number of hydrogen-bond donors (Lipinski definition) is 0. The SMILES string of the molecule is C=CCOc1ccc(/C=C/C(=O)[O-])cc1OC. The molecule has 0 atom stereocenters. The van der Waals surface area contributed by atoms with E-state index >= 15 is 0 Å². The number of carbonyl (C=O) groups excluding carboxylic acids is 1. The summed E-state index contributed by atoms with van der Waals surface area (Å²) in [4.78, 5) is 10.3. The Bertz CT molecular complexity index is 435. The van der Waals surface area contributed by atoms with Crippen molar-refractivity contribution in [3.8, 4) is 11.5 Å². The minimum Gasteiger partial charge on any atom is -0.545 e. The molecule has 0 amide bonds. The number of benzene rings is 1. The summed E-state index contributed by atoms with van der Waals surface area (Å²) in [7, 11) is 1.52. The summed E-state index contributed by atoms with van der Waals surface area (Å²) in [6.45, 7) is 3.93. The third-order valence-electron chi connectivity index (χ3n) is 1.96. The van der Waals surface area contributed by atoms with E-state index in [-0.39, 0.29) is 0 Å². The number of rotatable bonds is 6. The van der Waals surface area contributed by atoms with Gasteiger partial charge in [-0.15, -0.1) is 0 Å². The zero-order valence-electron chi connectivity index (χ0n) is 9.51. The van der Waals surface area contributed by atoms with E-state index in [0.29, 0.717) is 23.7 Å². The lowest BCUT2D eigenvalue weighted by molar-refractivity contribution is -0.297. The summed E-state index contributed by atoms with van der Waals surface area (Å²) in [5, 5.41) is 10.3. The van der Waals surface area contributed by atoms with Crippen molar-refractivity contribution in [3.63, 3.8) is 0 Å². The summed E-state index contributed by atoms with van der Waals surface area (Å²) in [5.74, 6) is -0.124. The molecule has 0 N–H and O–H groups in total. The minimum atomic E-state index is -1.24. The van der Waals surface area contributed by atoms with Crippen molar-refractivity contribution in [2.45, 2.75) is 0 Å². The van der Waals surface area contributed by atoms with E-state index in [4.69, 9.17) is 9.47 Å². The van der Waals surface area contributed by atoms with Crippen LogP contribution in [-0.2, 0) is 4.79 Å². The first-order chi connectivity index (χ1) is 8.17. The van der Waals surface area contributed by atoms with Crippen LogP contribution in [0.5, 0.6) is 11.5 Å². The van der Waals surface area contributed by atoms with Crippen LogP contribution >= 0.6 is 0 Å². The van der Waals surface area contributed by atoms with Crippen molar-refractivity contribution in [1.29, 1.82) is 0 Å². The van der Waals surface area contributed by atoms with Gasteiger partial charge in [0.1, 0.15) is 6.61 Å². The zero-order chi connectivity index (χ0) is 12.7. The monoisotopic (exact) mass is 233 g/mol. The van der Waals surface area contributed by atoms with E-state index in [0.717, 1.165) is 6.08 Å². The highest BCUT2D eigenvalue weighted by Gasteiger charge is 2.03. The first-order valence-corrected chi connectivity index (χ1v) is 4.98. The van der Waals surface area contributed by atoms with Crippen LogP contribution in [0.1, 0.15) is 5.56 Å².